The van der Waals surface area contributed by atoms with Gasteiger partial charge in [0.25, 0.3) is 5.91 Å². The SMILES string of the molecule is O=C(O)c1cccc(-c2ccc(C=C3NC(=O)N(Cc4ccccc4F)C3=O)o2)c1. The molecule has 7 nitrogen and oxygen atoms in total. The van der Waals surface area contributed by atoms with Crippen molar-refractivity contribution in [2.75, 3.05) is 0 Å². The van der Waals surface area contributed by atoms with E-state index >= 15 is 0 Å². The number of hydrogen-bond donors (Lipinski definition) is 2. The third-order valence-corrected chi connectivity index (χ3v) is 4.56. The van der Waals surface area contributed by atoms with Crippen LogP contribution >= 0.6 is 0 Å². The van der Waals surface area contributed by atoms with Crippen LogP contribution in [0.1, 0.15) is 21.7 Å². The lowest BCUT2D eigenvalue weighted by Gasteiger charge is -2.12. The molecule has 1 fully saturated rings. The summed E-state index contributed by atoms with van der Waals surface area (Å²) in [5.74, 6) is -1.46. The minimum Gasteiger partial charge on any atom is -0.478 e. The van der Waals surface area contributed by atoms with Crippen LogP contribution in [-0.4, -0.2) is 27.9 Å². The zero-order valence-corrected chi connectivity index (χ0v) is 15.5. The molecule has 8 heteroatoms. The van der Waals surface area contributed by atoms with Gasteiger partial charge in [0.1, 0.15) is 23.0 Å². The summed E-state index contributed by atoms with van der Waals surface area (Å²) in [6, 6.07) is 14.7. The van der Waals surface area contributed by atoms with Gasteiger partial charge in [-0.05, 0) is 30.3 Å². The number of imide groups is 1. The van der Waals surface area contributed by atoms with Gasteiger partial charge in [0.05, 0.1) is 12.1 Å². The number of carbonyl (C=O) groups is 3. The number of nitrogens with one attached hydrogen (secondary N) is 1. The maximum absolute atomic E-state index is 13.8. The molecule has 1 aliphatic rings. The van der Waals surface area contributed by atoms with Gasteiger partial charge in [-0.2, -0.15) is 0 Å². The molecule has 0 radical (unpaired) electrons. The van der Waals surface area contributed by atoms with Gasteiger partial charge in [0.2, 0.25) is 0 Å². The van der Waals surface area contributed by atoms with Crippen LogP contribution in [0.25, 0.3) is 17.4 Å². The molecular formula is C22H15FN2O5. The molecule has 3 aromatic rings. The summed E-state index contributed by atoms with van der Waals surface area (Å²) in [5.41, 5.74) is 0.894. The molecule has 2 aromatic carbocycles. The van der Waals surface area contributed by atoms with Crippen molar-refractivity contribution in [2.24, 2.45) is 0 Å². The van der Waals surface area contributed by atoms with Crippen LogP contribution in [-0.2, 0) is 11.3 Å². The molecule has 1 aliphatic heterocycles. The topological polar surface area (TPSA) is 99.9 Å². The number of hydrogen-bond acceptors (Lipinski definition) is 4. The number of aromatic carboxylic acids is 1. The van der Waals surface area contributed by atoms with Gasteiger partial charge < -0.3 is 14.8 Å². The van der Waals surface area contributed by atoms with Crippen molar-refractivity contribution in [3.63, 3.8) is 0 Å². The number of benzene rings is 2. The van der Waals surface area contributed by atoms with Crippen molar-refractivity contribution in [3.8, 4) is 11.3 Å². The molecule has 1 aromatic heterocycles. The van der Waals surface area contributed by atoms with E-state index in [9.17, 15) is 18.8 Å². The maximum atomic E-state index is 13.8. The highest BCUT2D eigenvalue weighted by Crippen LogP contribution is 2.25. The van der Waals surface area contributed by atoms with Crippen LogP contribution in [0.2, 0.25) is 0 Å². The van der Waals surface area contributed by atoms with Crippen molar-refractivity contribution >= 4 is 24.0 Å². The van der Waals surface area contributed by atoms with E-state index < -0.39 is 23.7 Å². The van der Waals surface area contributed by atoms with Crippen molar-refractivity contribution < 1.29 is 28.3 Å². The molecule has 0 spiro atoms. The summed E-state index contributed by atoms with van der Waals surface area (Å²) in [5, 5.41) is 11.6. The van der Waals surface area contributed by atoms with Crippen LogP contribution in [0.15, 0.2) is 70.8 Å². The fourth-order valence-corrected chi connectivity index (χ4v) is 3.05. The number of nitrogens with zero attached hydrogens (tertiary/aromatic N) is 1. The zero-order valence-electron chi connectivity index (χ0n) is 15.5. The number of furan rings is 1. The van der Waals surface area contributed by atoms with Crippen LogP contribution in [0.4, 0.5) is 9.18 Å². The molecule has 2 N–H and O–H groups in total. The van der Waals surface area contributed by atoms with Crippen molar-refractivity contribution in [2.45, 2.75) is 6.54 Å². The highest BCUT2D eigenvalue weighted by molar-refractivity contribution is 6.13. The van der Waals surface area contributed by atoms with E-state index in [1.54, 1.807) is 30.3 Å². The number of rotatable bonds is 5. The molecule has 2 heterocycles. The molecule has 0 saturated carbocycles. The van der Waals surface area contributed by atoms with E-state index in [0.717, 1.165) is 4.90 Å². The third-order valence-electron chi connectivity index (χ3n) is 4.56. The van der Waals surface area contributed by atoms with Crippen molar-refractivity contribution in [1.82, 2.24) is 10.2 Å². The Kier molecular flexibility index (Phi) is 4.89. The lowest BCUT2D eigenvalue weighted by atomic mass is 10.1. The smallest absolute Gasteiger partial charge is 0.335 e. The summed E-state index contributed by atoms with van der Waals surface area (Å²) in [7, 11) is 0. The molecule has 150 valence electrons. The molecule has 0 bridgehead atoms. The first-order valence-corrected chi connectivity index (χ1v) is 8.94. The Morgan fingerprint density at radius 1 is 1.10 bits per heavy atom. The summed E-state index contributed by atoms with van der Waals surface area (Å²) in [6.45, 7) is -0.194. The predicted molar refractivity (Wildman–Crippen MR) is 105 cm³/mol. The Morgan fingerprint density at radius 3 is 2.67 bits per heavy atom. The Labute approximate surface area is 170 Å². The molecule has 1 saturated heterocycles. The number of carbonyl (C=O) groups excluding carboxylic acids is 2. The number of urea groups is 1. The maximum Gasteiger partial charge on any atom is 0.335 e. The molecule has 30 heavy (non-hydrogen) atoms. The van der Waals surface area contributed by atoms with Gasteiger partial charge in [-0.25, -0.2) is 14.0 Å². The predicted octanol–water partition coefficient (Wildman–Crippen LogP) is 3.88. The fourth-order valence-electron chi connectivity index (χ4n) is 3.05. The first-order valence-electron chi connectivity index (χ1n) is 8.94. The van der Waals surface area contributed by atoms with Crippen molar-refractivity contribution in [3.05, 3.63) is 89.1 Å². The van der Waals surface area contributed by atoms with Crippen LogP contribution in [0, 0.1) is 5.82 Å². The van der Waals surface area contributed by atoms with Gasteiger partial charge in [0.15, 0.2) is 0 Å². The van der Waals surface area contributed by atoms with Crippen LogP contribution in [0.5, 0.6) is 0 Å². The van der Waals surface area contributed by atoms with E-state index in [0.29, 0.717) is 17.1 Å². The second-order valence-corrected chi connectivity index (χ2v) is 6.56. The summed E-state index contributed by atoms with van der Waals surface area (Å²) in [4.78, 5) is 36.8. The minimum atomic E-state index is -1.06. The third kappa shape index (κ3) is 3.70. The monoisotopic (exact) mass is 406 g/mol. The molecule has 0 atom stereocenters. The number of carboxylic acids is 1. The standard InChI is InChI=1S/C22H15FN2O5/c23-17-7-2-1-4-15(17)12-25-20(26)18(24-22(25)29)11-16-8-9-19(30-16)13-5-3-6-14(10-13)21(27)28/h1-11H,12H2,(H,24,29)(H,27,28). The first kappa shape index (κ1) is 19.1. The van der Waals surface area contributed by atoms with E-state index in [1.807, 2.05) is 0 Å². The van der Waals surface area contributed by atoms with Gasteiger partial charge >= 0.3 is 12.0 Å². The van der Waals surface area contributed by atoms with Gasteiger partial charge in [-0.15, -0.1) is 0 Å². The average Bonchev–Trinajstić information content (AvgIpc) is 3.30. The zero-order chi connectivity index (χ0) is 21.3. The Balaban J connectivity index is 1.55. The average molecular weight is 406 g/mol. The van der Waals surface area contributed by atoms with E-state index in [-0.39, 0.29) is 23.4 Å². The minimum absolute atomic E-state index is 0.00322. The lowest BCUT2D eigenvalue weighted by molar-refractivity contribution is -0.123. The molecule has 0 unspecified atom stereocenters. The molecule has 0 aliphatic carbocycles. The summed E-state index contributed by atoms with van der Waals surface area (Å²) in [6.07, 6.45) is 1.37. The number of halogens is 1. The molecule has 4 rings (SSSR count). The number of carboxylic acid groups (broad SMARTS) is 1. The van der Waals surface area contributed by atoms with Crippen molar-refractivity contribution in [1.29, 1.82) is 0 Å². The first-order chi connectivity index (χ1) is 14.4. The molecule has 3 amide bonds. The van der Waals surface area contributed by atoms with Gasteiger partial charge in [-0.3, -0.25) is 9.69 Å². The Morgan fingerprint density at radius 2 is 1.90 bits per heavy atom. The summed E-state index contributed by atoms with van der Waals surface area (Å²) < 4.78 is 19.5. The van der Waals surface area contributed by atoms with E-state index in [2.05, 4.69) is 5.32 Å². The highest BCUT2D eigenvalue weighted by Gasteiger charge is 2.34. The quantitative estimate of drug-likeness (QED) is 0.495. The second kappa shape index (κ2) is 7.67. The Hall–Kier alpha value is -4.20. The highest BCUT2D eigenvalue weighted by atomic mass is 19.1. The van der Waals surface area contributed by atoms with E-state index in [1.165, 1.54) is 36.4 Å². The van der Waals surface area contributed by atoms with Gasteiger partial charge in [-0.1, -0.05) is 30.3 Å². The fraction of sp³-hybridized carbons (Fsp3) is 0.0455. The summed E-state index contributed by atoms with van der Waals surface area (Å²) >= 11 is 0. The van der Waals surface area contributed by atoms with E-state index in [4.69, 9.17) is 9.52 Å². The van der Waals surface area contributed by atoms with Crippen LogP contribution < -0.4 is 5.32 Å². The number of amides is 3. The normalized spacial score (nSPS) is 15.0. The molecular weight excluding hydrogens is 391 g/mol. The van der Waals surface area contributed by atoms with Crippen LogP contribution in [0.3, 0.4) is 0 Å². The Bertz CT molecular complexity index is 1200. The lowest BCUT2D eigenvalue weighted by Crippen LogP contribution is -2.30. The largest absolute Gasteiger partial charge is 0.478 e. The second-order valence-electron chi connectivity index (χ2n) is 6.56. The van der Waals surface area contributed by atoms with Gasteiger partial charge in [0, 0.05) is 17.2 Å².